The van der Waals surface area contributed by atoms with Crippen LogP contribution in [0.4, 0.5) is 30.2 Å². The van der Waals surface area contributed by atoms with Gasteiger partial charge in [0.05, 0.1) is 16.8 Å². The molecule has 0 heterocycles. The Hall–Kier alpha value is -4.24. The molecule has 0 aliphatic heterocycles. The molecule has 36 heavy (non-hydrogen) atoms. The van der Waals surface area contributed by atoms with E-state index in [9.17, 15) is 22.8 Å². The van der Waals surface area contributed by atoms with Crippen LogP contribution in [0.1, 0.15) is 26.3 Å². The van der Waals surface area contributed by atoms with E-state index in [0.717, 1.165) is 11.8 Å². The Balaban J connectivity index is 1.59. The summed E-state index contributed by atoms with van der Waals surface area (Å²) in [5.41, 5.74) is 1.23. The van der Waals surface area contributed by atoms with Crippen LogP contribution in [-0.4, -0.2) is 11.8 Å². The van der Waals surface area contributed by atoms with Crippen molar-refractivity contribution in [1.82, 2.24) is 4.72 Å². The highest BCUT2D eigenvalue weighted by Crippen LogP contribution is 2.35. The van der Waals surface area contributed by atoms with Gasteiger partial charge in [-0.3, -0.25) is 14.3 Å². The van der Waals surface area contributed by atoms with Crippen molar-refractivity contribution in [2.24, 2.45) is 0 Å². The summed E-state index contributed by atoms with van der Waals surface area (Å²) >= 11 is 0.565. The Kier molecular flexibility index (Phi) is 7.60. The number of rotatable bonds is 7. The third-order valence-electron chi connectivity index (χ3n) is 5.06. The number of hydrogen-bond donors (Lipinski definition) is 3. The second-order valence-electron chi connectivity index (χ2n) is 7.60. The number of amides is 2. The number of anilines is 3. The van der Waals surface area contributed by atoms with Gasteiger partial charge in [0.1, 0.15) is 0 Å². The van der Waals surface area contributed by atoms with E-state index >= 15 is 0 Å². The highest BCUT2D eigenvalue weighted by atomic mass is 32.2. The van der Waals surface area contributed by atoms with Crippen LogP contribution in [0.25, 0.3) is 0 Å². The molecule has 0 aromatic heterocycles. The number of hydrogen-bond acceptors (Lipinski definition) is 4. The molecule has 0 aliphatic rings. The molecule has 182 valence electrons. The molecule has 4 rings (SSSR count). The van der Waals surface area contributed by atoms with Gasteiger partial charge in [-0.2, -0.15) is 13.2 Å². The normalized spacial score (nSPS) is 11.0. The topological polar surface area (TPSA) is 70.2 Å². The molecule has 0 unspecified atom stereocenters. The van der Waals surface area contributed by atoms with Gasteiger partial charge in [0.25, 0.3) is 11.8 Å². The smallest absolute Gasteiger partial charge is 0.355 e. The summed E-state index contributed by atoms with van der Waals surface area (Å²) in [4.78, 5) is 25.8. The zero-order valence-corrected chi connectivity index (χ0v) is 19.5. The van der Waals surface area contributed by atoms with E-state index in [1.807, 2.05) is 36.4 Å². The van der Waals surface area contributed by atoms with Gasteiger partial charge in [0.15, 0.2) is 0 Å². The van der Waals surface area contributed by atoms with Gasteiger partial charge in [-0.25, -0.2) is 0 Å². The van der Waals surface area contributed by atoms with E-state index < -0.39 is 23.6 Å². The zero-order chi connectivity index (χ0) is 25.5. The SMILES string of the molecule is O=C(NSc1ccccc1C(F)(F)F)c1ccc(Nc2ccccc2)c(C(=O)Nc2ccccc2)c1. The molecule has 0 radical (unpaired) electrons. The number of carbonyl (C=O) groups is 2. The van der Waals surface area contributed by atoms with Gasteiger partial charge in [-0.05, 0) is 66.5 Å². The van der Waals surface area contributed by atoms with Crippen LogP contribution < -0.4 is 15.4 Å². The van der Waals surface area contributed by atoms with Gasteiger partial charge in [0.2, 0.25) is 0 Å². The second-order valence-corrected chi connectivity index (χ2v) is 8.45. The Labute approximate surface area is 209 Å². The summed E-state index contributed by atoms with van der Waals surface area (Å²) in [5, 5.41) is 5.96. The monoisotopic (exact) mass is 507 g/mol. The Morgan fingerprint density at radius 3 is 1.97 bits per heavy atom. The summed E-state index contributed by atoms with van der Waals surface area (Å²) in [5.74, 6) is -1.10. The molecular weight excluding hydrogens is 487 g/mol. The van der Waals surface area contributed by atoms with Crippen LogP contribution >= 0.6 is 11.9 Å². The molecule has 3 N–H and O–H groups in total. The summed E-state index contributed by atoms with van der Waals surface area (Å²) in [7, 11) is 0. The first-order valence-corrected chi connectivity index (χ1v) is 11.6. The summed E-state index contributed by atoms with van der Waals surface area (Å²) in [6.45, 7) is 0. The molecule has 0 atom stereocenters. The molecular formula is C27H20F3N3O2S. The van der Waals surface area contributed by atoms with Crippen molar-refractivity contribution in [2.75, 3.05) is 10.6 Å². The minimum absolute atomic E-state index is 0.115. The lowest BCUT2D eigenvalue weighted by Crippen LogP contribution is -2.19. The first-order valence-electron chi connectivity index (χ1n) is 10.8. The zero-order valence-electron chi connectivity index (χ0n) is 18.7. The molecule has 0 fully saturated rings. The Morgan fingerprint density at radius 2 is 1.31 bits per heavy atom. The molecule has 0 saturated heterocycles. The van der Waals surface area contributed by atoms with Crippen LogP contribution in [0.5, 0.6) is 0 Å². The van der Waals surface area contributed by atoms with Crippen molar-refractivity contribution in [3.8, 4) is 0 Å². The average molecular weight is 508 g/mol. The van der Waals surface area contributed by atoms with E-state index in [0.29, 0.717) is 23.3 Å². The summed E-state index contributed by atoms with van der Waals surface area (Å²) < 4.78 is 42.2. The van der Waals surface area contributed by atoms with E-state index in [2.05, 4.69) is 15.4 Å². The van der Waals surface area contributed by atoms with Gasteiger partial charge >= 0.3 is 6.18 Å². The highest BCUT2D eigenvalue weighted by Gasteiger charge is 2.33. The predicted molar refractivity (Wildman–Crippen MR) is 135 cm³/mol. The molecule has 4 aromatic carbocycles. The van der Waals surface area contributed by atoms with Crippen molar-refractivity contribution < 1.29 is 22.8 Å². The first-order chi connectivity index (χ1) is 17.3. The fraction of sp³-hybridized carbons (Fsp3) is 0.0370. The van der Waals surface area contributed by atoms with Crippen LogP contribution in [-0.2, 0) is 6.18 Å². The van der Waals surface area contributed by atoms with Gasteiger partial charge in [-0.15, -0.1) is 0 Å². The number of carbonyl (C=O) groups excluding carboxylic acids is 2. The fourth-order valence-corrected chi connectivity index (χ4v) is 4.09. The maximum absolute atomic E-state index is 13.3. The lowest BCUT2D eigenvalue weighted by molar-refractivity contribution is -0.139. The predicted octanol–water partition coefficient (Wildman–Crippen LogP) is 7.14. The molecule has 0 aliphatic carbocycles. The molecule has 0 bridgehead atoms. The Bertz CT molecular complexity index is 1360. The van der Waals surface area contributed by atoms with Crippen LogP contribution in [0.2, 0.25) is 0 Å². The maximum atomic E-state index is 13.3. The summed E-state index contributed by atoms with van der Waals surface area (Å²) in [6.07, 6.45) is -4.55. The Morgan fingerprint density at radius 1 is 0.694 bits per heavy atom. The van der Waals surface area contributed by atoms with Crippen LogP contribution in [0.3, 0.4) is 0 Å². The van der Waals surface area contributed by atoms with Gasteiger partial charge in [-0.1, -0.05) is 48.5 Å². The third kappa shape index (κ3) is 6.25. The van der Waals surface area contributed by atoms with E-state index in [1.165, 1.54) is 30.3 Å². The largest absolute Gasteiger partial charge is 0.417 e. The summed E-state index contributed by atoms with van der Waals surface area (Å²) in [6, 6.07) is 27.5. The van der Waals surface area contributed by atoms with E-state index in [1.54, 1.807) is 30.3 Å². The van der Waals surface area contributed by atoms with Gasteiger partial charge in [0, 0.05) is 21.8 Å². The molecule has 2 amide bonds. The van der Waals surface area contributed by atoms with Crippen molar-refractivity contribution in [2.45, 2.75) is 11.1 Å². The minimum atomic E-state index is -4.55. The van der Waals surface area contributed by atoms with Crippen LogP contribution in [0, 0.1) is 0 Å². The van der Waals surface area contributed by atoms with E-state index in [4.69, 9.17) is 0 Å². The first kappa shape index (κ1) is 24.9. The third-order valence-corrected chi connectivity index (χ3v) is 5.92. The highest BCUT2D eigenvalue weighted by molar-refractivity contribution is 7.98. The molecule has 4 aromatic rings. The molecule has 5 nitrogen and oxygen atoms in total. The number of benzene rings is 4. The number of alkyl halides is 3. The van der Waals surface area contributed by atoms with Crippen molar-refractivity contribution in [3.05, 3.63) is 120 Å². The molecule has 0 saturated carbocycles. The second kappa shape index (κ2) is 11.0. The minimum Gasteiger partial charge on any atom is -0.355 e. The quantitative estimate of drug-likeness (QED) is 0.233. The lowest BCUT2D eigenvalue weighted by Gasteiger charge is -2.15. The average Bonchev–Trinajstić information content (AvgIpc) is 2.88. The number of halogens is 3. The molecule has 9 heteroatoms. The molecule has 0 spiro atoms. The standard InChI is InChI=1S/C27H20F3N3O2S/c28-27(29,30)22-13-7-8-14-24(22)36-33-25(34)18-15-16-23(31-19-9-3-1-4-10-19)21(17-18)26(35)32-20-11-5-2-6-12-20/h1-17,31H,(H,32,35)(H,33,34). The van der Waals surface area contributed by atoms with Crippen LogP contribution in [0.15, 0.2) is 108 Å². The number of para-hydroxylation sites is 2. The maximum Gasteiger partial charge on any atom is 0.417 e. The van der Waals surface area contributed by atoms with Crippen molar-refractivity contribution in [3.63, 3.8) is 0 Å². The van der Waals surface area contributed by atoms with E-state index in [-0.39, 0.29) is 16.0 Å². The lowest BCUT2D eigenvalue weighted by atomic mass is 10.1. The van der Waals surface area contributed by atoms with Crippen molar-refractivity contribution >= 4 is 40.8 Å². The number of nitrogens with one attached hydrogen (secondary N) is 3. The van der Waals surface area contributed by atoms with Gasteiger partial charge < -0.3 is 10.6 Å². The van der Waals surface area contributed by atoms with Crippen molar-refractivity contribution in [1.29, 1.82) is 0 Å². The fourth-order valence-electron chi connectivity index (χ4n) is 3.33.